The lowest BCUT2D eigenvalue weighted by Crippen LogP contribution is -2.45. The van der Waals surface area contributed by atoms with Crippen molar-refractivity contribution in [3.8, 4) is 17.2 Å². The zero-order valence-electron chi connectivity index (χ0n) is 16.8. The Kier molecular flexibility index (Phi) is 6.72. The van der Waals surface area contributed by atoms with E-state index in [2.05, 4.69) is 10.1 Å². The lowest BCUT2D eigenvalue weighted by atomic mass is 10.1. The van der Waals surface area contributed by atoms with E-state index >= 15 is 0 Å². The van der Waals surface area contributed by atoms with Crippen molar-refractivity contribution in [3.63, 3.8) is 0 Å². The van der Waals surface area contributed by atoms with Crippen LogP contribution in [0.2, 0.25) is 0 Å². The van der Waals surface area contributed by atoms with Gasteiger partial charge in [0.1, 0.15) is 5.75 Å². The molecule has 0 spiro atoms. The third kappa shape index (κ3) is 5.45. The molecule has 4 rings (SSSR count). The monoisotopic (exact) mass is 407 g/mol. The molecule has 0 saturated carbocycles. The van der Waals surface area contributed by atoms with Crippen molar-refractivity contribution in [1.29, 1.82) is 0 Å². The Hall–Kier alpha value is -3.19. The maximum Gasteiger partial charge on any atom is 0.260 e. The van der Waals surface area contributed by atoms with E-state index in [1.165, 1.54) is 0 Å². The number of benzene rings is 2. The van der Waals surface area contributed by atoms with Gasteiger partial charge < -0.3 is 18.9 Å². The first kappa shape index (κ1) is 20.1. The summed E-state index contributed by atoms with van der Waals surface area (Å²) < 4.78 is 16.9. The minimum Gasteiger partial charge on any atom is -0.484 e. The molecule has 1 aliphatic heterocycles. The predicted molar refractivity (Wildman–Crippen MR) is 111 cm³/mol. The third-order valence-electron chi connectivity index (χ3n) is 5.00. The standard InChI is InChI=1S/C23H25N3O4/c27-22(17-29-19-10-5-2-6-11-19)26-14-7-12-20(16-26)28-15-13-21-24-23(30-25-21)18-8-3-1-4-9-18/h1-6,8-11,20H,7,12-17H2. The predicted octanol–water partition coefficient (Wildman–Crippen LogP) is 3.37. The van der Waals surface area contributed by atoms with Gasteiger partial charge in [0.25, 0.3) is 11.8 Å². The van der Waals surface area contributed by atoms with Gasteiger partial charge in [-0.05, 0) is 37.1 Å². The first-order valence-electron chi connectivity index (χ1n) is 10.2. The molecule has 2 aromatic carbocycles. The Morgan fingerprint density at radius 3 is 2.67 bits per heavy atom. The Bertz CT molecular complexity index is 930. The first-order chi connectivity index (χ1) is 14.8. The first-order valence-corrected chi connectivity index (χ1v) is 10.2. The highest BCUT2D eigenvalue weighted by Crippen LogP contribution is 2.17. The van der Waals surface area contributed by atoms with Gasteiger partial charge in [-0.1, -0.05) is 41.6 Å². The molecule has 1 fully saturated rings. The topological polar surface area (TPSA) is 77.7 Å². The smallest absolute Gasteiger partial charge is 0.260 e. The number of amides is 1. The second-order valence-electron chi connectivity index (χ2n) is 7.21. The maximum absolute atomic E-state index is 12.5. The fraction of sp³-hybridized carbons (Fsp3) is 0.348. The van der Waals surface area contributed by atoms with Crippen LogP contribution < -0.4 is 4.74 Å². The van der Waals surface area contributed by atoms with Gasteiger partial charge in [0.15, 0.2) is 12.4 Å². The van der Waals surface area contributed by atoms with Crippen molar-refractivity contribution in [2.24, 2.45) is 0 Å². The van der Waals surface area contributed by atoms with Gasteiger partial charge in [-0.2, -0.15) is 4.98 Å². The number of carbonyl (C=O) groups excluding carboxylic acids is 1. The molecule has 1 amide bonds. The van der Waals surface area contributed by atoms with E-state index in [9.17, 15) is 4.79 Å². The van der Waals surface area contributed by atoms with Crippen molar-refractivity contribution in [2.75, 3.05) is 26.3 Å². The Labute approximate surface area is 175 Å². The number of piperidine rings is 1. The zero-order valence-corrected chi connectivity index (χ0v) is 16.8. The molecule has 2 heterocycles. The number of ether oxygens (including phenoxy) is 2. The van der Waals surface area contributed by atoms with Crippen molar-refractivity contribution >= 4 is 5.91 Å². The van der Waals surface area contributed by atoms with E-state index in [0.717, 1.165) is 24.9 Å². The zero-order chi connectivity index (χ0) is 20.6. The molecule has 7 nitrogen and oxygen atoms in total. The van der Waals surface area contributed by atoms with E-state index in [-0.39, 0.29) is 18.6 Å². The SMILES string of the molecule is O=C(COc1ccccc1)N1CCCC(OCCc2noc(-c3ccccc3)n2)C1. The average Bonchev–Trinajstić information content (AvgIpc) is 3.28. The highest BCUT2D eigenvalue weighted by molar-refractivity contribution is 5.77. The molecule has 0 N–H and O–H groups in total. The van der Waals surface area contributed by atoms with Gasteiger partial charge >= 0.3 is 0 Å². The van der Waals surface area contributed by atoms with Crippen molar-refractivity contribution < 1.29 is 18.8 Å². The molecule has 30 heavy (non-hydrogen) atoms. The molecule has 1 atom stereocenters. The van der Waals surface area contributed by atoms with Gasteiger partial charge in [-0.15, -0.1) is 0 Å². The molecule has 0 radical (unpaired) electrons. The van der Waals surface area contributed by atoms with Gasteiger partial charge in [0, 0.05) is 25.1 Å². The molecule has 1 saturated heterocycles. The largest absolute Gasteiger partial charge is 0.484 e. The molecule has 1 aliphatic rings. The molecular formula is C23H25N3O4. The minimum absolute atomic E-state index is 0.0138. The molecule has 156 valence electrons. The summed E-state index contributed by atoms with van der Waals surface area (Å²) in [5, 5.41) is 4.02. The number of hydrogen-bond donors (Lipinski definition) is 0. The summed E-state index contributed by atoms with van der Waals surface area (Å²) in [4.78, 5) is 18.7. The summed E-state index contributed by atoms with van der Waals surface area (Å²) in [5.41, 5.74) is 0.899. The molecule has 0 bridgehead atoms. The Balaban J connectivity index is 1.21. The van der Waals surface area contributed by atoms with Gasteiger partial charge in [0.2, 0.25) is 0 Å². The number of aromatic nitrogens is 2. The van der Waals surface area contributed by atoms with Crippen LogP contribution >= 0.6 is 0 Å². The van der Waals surface area contributed by atoms with E-state index in [1.807, 2.05) is 65.6 Å². The lowest BCUT2D eigenvalue weighted by Gasteiger charge is -2.32. The molecule has 1 unspecified atom stereocenters. The van der Waals surface area contributed by atoms with Crippen LogP contribution in [0.3, 0.4) is 0 Å². The fourth-order valence-electron chi connectivity index (χ4n) is 3.42. The summed E-state index contributed by atoms with van der Waals surface area (Å²) in [6, 6.07) is 19.1. The summed E-state index contributed by atoms with van der Waals surface area (Å²) >= 11 is 0. The van der Waals surface area contributed by atoms with Crippen molar-refractivity contribution in [1.82, 2.24) is 15.0 Å². The number of nitrogens with zero attached hydrogens (tertiary/aromatic N) is 3. The van der Waals surface area contributed by atoms with Crippen LogP contribution in [0, 0.1) is 0 Å². The van der Waals surface area contributed by atoms with Crippen LogP contribution in [0.4, 0.5) is 0 Å². The van der Waals surface area contributed by atoms with Crippen LogP contribution in [0.25, 0.3) is 11.5 Å². The highest BCUT2D eigenvalue weighted by Gasteiger charge is 2.24. The normalized spacial score (nSPS) is 16.4. The van der Waals surface area contributed by atoms with Crippen LogP contribution in [-0.2, 0) is 16.0 Å². The number of rotatable bonds is 8. The summed E-state index contributed by atoms with van der Waals surface area (Å²) in [6.07, 6.45) is 2.44. The van der Waals surface area contributed by atoms with Gasteiger partial charge in [-0.3, -0.25) is 4.79 Å². The molecular weight excluding hydrogens is 382 g/mol. The summed E-state index contributed by atoms with van der Waals surface area (Å²) in [5.74, 6) is 1.82. The van der Waals surface area contributed by atoms with E-state index in [0.29, 0.717) is 37.0 Å². The van der Waals surface area contributed by atoms with Crippen LogP contribution in [0.15, 0.2) is 65.2 Å². The summed E-state index contributed by atoms with van der Waals surface area (Å²) in [6.45, 7) is 1.85. The average molecular weight is 407 g/mol. The van der Waals surface area contributed by atoms with Crippen LogP contribution in [0.5, 0.6) is 5.75 Å². The van der Waals surface area contributed by atoms with Crippen LogP contribution in [0.1, 0.15) is 18.7 Å². The number of hydrogen-bond acceptors (Lipinski definition) is 6. The third-order valence-corrected chi connectivity index (χ3v) is 5.00. The Morgan fingerprint density at radius 2 is 1.87 bits per heavy atom. The second-order valence-corrected chi connectivity index (χ2v) is 7.21. The van der Waals surface area contributed by atoms with E-state index in [1.54, 1.807) is 0 Å². The second kappa shape index (κ2) is 10.0. The molecule has 7 heteroatoms. The van der Waals surface area contributed by atoms with E-state index in [4.69, 9.17) is 14.0 Å². The van der Waals surface area contributed by atoms with Crippen molar-refractivity contribution in [2.45, 2.75) is 25.4 Å². The maximum atomic E-state index is 12.5. The fourth-order valence-corrected chi connectivity index (χ4v) is 3.42. The van der Waals surface area contributed by atoms with E-state index < -0.39 is 0 Å². The van der Waals surface area contributed by atoms with Gasteiger partial charge in [-0.25, -0.2) is 0 Å². The quantitative estimate of drug-likeness (QED) is 0.570. The van der Waals surface area contributed by atoms with Crippen molar-refractivity contribution in [3.05, 3.63) is 66.5 Å². The Morgan fingerprint density at radius 1 is 1.10 bits per heavy atom. The number of para-hydroxylation sites is 1. The molecule has 3 aromatic rings. The minimum atomic E-state index is -0.0159. The molecule has 0 aliphatic carbocycles. The highest BCUT2D eigenvalue weighted by atomic mass is 16.5. The summed E-state index contributed by atoms with van der Waals surface area (Å²) in [7, 11) is 0. The molecule has 1 aromatic heterocycles. The lowest BCUT2D eigenvalue weighted by molar-refractivity contribution is -0.137. The van der Waals surface area contributed by atoms with Crippen LogP contribution in [-0.4, -0.2) is 53.4 Å². The van der Waals surface area contributed by atoms with Gasteiger partial charge in [0.05, 0.1) is 12.7 Å². The number of carbonyl (C=O) groups is 1. The number of likely N-dealkylation sites (tertiary alicyclic amines) is 1.